The highest BCUT2D eigenvalue weighted by molar-refractivity contribution is 6.62. The lowest BCUT2D eigenvalue weighted by Crippen LogP contribution is -2.41. The Bertz CT molecular complexity index is 873. The molecular formula is C22H24BF3O3. The van der Waals surface area contributed by atoms with Gasteiger partial charge in [0.05, 0.1) is 16.8 Å². The van der Waals surface area contributed by atoms with Gasteiger partial charge in [0, 0.05) is 0 Å². The van der Waals surface area contributed by atoms with Gasteiger partial charge >= 0.3 is 13.3 Å². The molecule has 29 heavy (non-hydrogen) atoms. The van der Waals surface area contributed by atoms with Crippen LogP contribution in [0.25, 0.3) is 5.57 Å². The van der Waals surface area contributed by atoms with E-state index in [9.17, 15) is 13.2 Å². The highest BCUT2D eigenvalue weighted by Crippen LogP contribution is 2.36. The van der Waals surface area contributed by atoms with Crippen LogP contribution >= 0.6 is 0 Å². The second-order valence-electron chi connectivity index (χ2n) is 8.12. The Labute approximate surface area is 169 Å². The van der Waals surface area contributed by atoms with Gasteiger partial charge in [-0.2, -0.15) is 13.2 Å². The van der Waals surface area contributed by atoms with Crippen LogP contribution in [0.5, 0.6) is 5.75 Å². The first kappa shape index (κ1) is 21.5. The van der Waals surface area contributed by atoms with E-state index in [0.29, 0.717) is 5.75 Å². The standard InChI is InChI=1S/C22H24BF3O3/c1-15(22(24,25)26)17-7-6-8-19(13-17)27-14-16-9-11-18(12-10-16)23-28-20(2,3)21(4,5)29-23/h6-13H,1,14H2,2-5H3. The van der Waals surface area contributed by atoms with Crippen molar-refractivity contribution in [3.05, 3.63) is 66.2 Å². The molecule has 3 rings (SSSR count). The van der Waals surface area contributed by atoms with Gasteiger partial charge in [0.25, 0.3) is 0 Å². The van der Waals surface area contributed by atoms with Crippen LogP contribution in [0.3, 0.4) is 0 Å². The number of hydrogen-bond donors (Lipinski definition) is 0. The minimum absolute atomic E-state index is 0.00823. The lowest BCUT2D eigenvalue weighted by molar-refractivity contribution is -0.0686. The Morgan fingerprint density at radius 3 is 2.14 bits per heavy atom. The summed E-state index contributed by atoms with van der Waals surface area (Å²) < 4.78 is 56.2. The Morgan fingerprint density at radius 1 is 1.00 bits per heavy atom. The maximum absolute atomic E-state index is 12.8. The van der Waals surface area contributed by atoms with Gasteiger partial charge in [0.2, 0.25) is 0 Å². The summed E-state index contributed by atoms with van der Waals surface area (Å²) in [6.07, 6.45) is -4.47. The molecule has 1 heterocycles. The van der Waals surface area contributed by atoms with Crippen LogP contribution in [0.1, 0.15) is 38.8 Å². The van der Waals surface area contributed by atoms with E-state index >= 15 is 0 Å². The number of benzene rings is 2. The number of allylic oxidation sites excluding steroid dienone is 1. The normalized spacial score (nSPS) is 18.0. The van der Waals surface area contributed by atoms with E-state index in [2.05, 4.69) is 6.58 Å². The third-order valence-electron chi connectivity index (χ3n) is 5.44. The van der Waals surface area contributed by atoms with Crippen LogP contribution in [-0.4, -0.2) is 24.5 Å². The summed E-state index contributed by atoms with van der Waals surface area (Å²) in [5.41, 5.74) is 0.0532. The largest absolute Gasteiger partial charge is 0.494 e. The van der Waals surface area contributed by atoms with E-state index in [1.807, 2.05) is 52.0 Å². The van der Waals surface area contributed by atoms with Crippen molar-refractivity contribution >= 4 is 18.2 Å². The Kier molecular flexibility index (Phi) is 5.58. The Morgan fingerprint density at radius 2 is 1.59 bits per heavy atom. The minimum Gasteiger partial charge on any atom is -0.489 e. The van der Waals surface area contributed by atoms with Gasteiger partial charge in [0.1, 0.15) is 12.4 Å². The van der Waals surface area contributed by atoms with Crippen molar-refractivity contribution in [1.82, 2.24) is 0 Å². The molecule has 0 amide bonds. The molecule has 1 aliphatic heterocycles. The van der Waals surface area contributed by atoms with Crippen LogP contribution in [0.15, 0.2) is 55.1 Å². The average molecular weight is 404 g/mol. The van der Waals surface area contributed by atoms with Crippen molar-refractivity contribution in [3.63, 3.8) is 0 Å². The smallest absolute Gasteiger partial charge is 0.489 e. The first-order valence-electron chi connectivity index (χ1n) is 9.33. The molecule has 3 nitrogen and oxygen atoms in total. The van der Waals surface area contributed by atoms with Gasteiger partial charge < -0.3 is 14.0 Å². The SMILES string of the molecule is C=C(c1cccc(OCc2ccc(B3OC(C)(C)C(C)(C)O3)cc2)c1)C(F)(F)F. The monoisotopic (exact) mass is 404 g/mol. The number of hydrogen-bond acceptors (Lipinski definition) is 3. The zero-order chi connectivity index (χ0) is 21.4. The van der Waals surface area contributed by atoms with Crippen LogP contribution in [0, 0.1) is 0 Å². The van der Waals surface area contributed by atoms with Gasteiger partial charge in [-0.05, 0) is 56.4 Å². The first-order chi connectivity index (χ1) is 13.4. The highest BCUT2D eigenvalue weighted by Gasteiger charge is 2.51. The summed E-state index contributed by atoms with van der Waals surface area (Å²) in [4.78, 5) is 0. The lowest BCUT2D eigenvalue weighted by atomic mass is 9.79. The van der Waals surface area contributed by atoms with Crippen LogP contribution < -0.4 is 10.2 Å². The average Bonchev–Trinajstić information content (AvgIpc) is 2.87. The number of halogens is 3. The molecule has 154 valence electrons. The van der Waals surface area contributed by atoms with Gasteiger partial charge in [-0.15, -0.1) is 0 Å². The summed E-state index contributed by atoms with van der Waals surface area (Å²) in [6.45, 7) is 11.3. The zero-order valence-electron chi connectivity index (χ0n) is 17.0. The lowest BCUT2D eigenvalue weighted by Gasteiger charge is -2.32. The molecule has 1 fully saturated rings. The van der Waals surface area contributed by atoms with E-state index < -0.39 is 30.1 Å². The van der Waals surface area contributed by atoms with E-state index in [-0.39, 0.29) is 12.2 Å². The van der Waals surface area contributed by atoms with Gasteiger partial charge in [-0.1, -0.05) is 43.0 Å². The molecule has 7 heteroatoms. The summed E-state index contributed by atoms with van der Waals surface area (Å²) in [5.74, 6) is 0.350. The molecule has 0 saturated carbocycles. The number of ether oxygens (including phenoxy) is 1. The second kappa shape index (κ2) is 7.54. The van der Waals surface area contributed by atoms with Crippen molar-refractivity contribution in [2.24, 2.45) is 0 Å². The molecule has 0 aliphatic carbocycles. The van der Waals surface area contributed by atoms with Crippen molar-refractivity contribution in [2.75, 3.05) is 0 Å². The van der Waals surface area contributed by atoms with E-state index in [4.69, 9.17) is 14.0 Å². The minimum atomic E-state index is -4.47. The number of rotatable bonds is 5. The topological polar surface area (TPSA) is 27.7 Å². The summed E-state index contributed by atoms with van der Waals surface area (Å²) in [5, 5.41) is 0. The fourth-order valence-electron chi connectivity index (χ4n) is 2.85. The molecule has 1 saturated heterocycles. The summed E-state index contributed by atoms with van der Waals surface area (Å²) in [7, 11) is -0.444. The van der Waals surface area contributed by atoms with Crippen LogP contribution in [-0.2, 0) is 15.9 Å². The molecular weight excluding hydrogens is 380 g/mol. The summed E-state index contributed by atoms with van der Waals surface area (Å²) in [6, 6.07) is 13.4. The van der Waals surface area contributed by atoms with Crippen molar-refractivity contribution in [3.8, 4) is 5.75 Å². The molecule has 0 aromatic heterocycles. The van der Waals surface area contributed by atoms with E-state index in [1.54, 1.807) is 6.07 Å². The first-order valence-corrected chi connectivity index (χ1v) is 9.33. The predicted molar refractivity (Wildman–Crippen MR) is 108 cm³/mol. The molecule has 0 spiro atoms. The molecule has 0 bridgehead atoms. The Hall–Kier alpha value is -2.25. The molecule has 0 N–H and O–H groups in total. The highest BCUT2D eigenvalue weighted by atomic mass is 19.4. The summed E-state index contributed by atoms with van der Waals surface area (Å²) >= 11 is 0. The molecule has 2 aromatic carbocycles. The maximum atomic E-state index is 12.8. The van der Waals surface area contributed by atoms with Crippen LogP contribution in [0.2, 0.25) is 0 Å². The Balaban J connectivity index is 1.64. The van der Waals surface area contributed by atoms with Crippen LogP contribution in [0.4, 0.5) is 13.2 Å². The van der Waals surface area contributed by atoms with Crippen molar-refractivity contribution < 1.29 is 27.2 Å². The molecule has 0 atom stereocenters. The fourth-order valence-corrected chi connectivity index (χ4v) is 2.85. The molecule has 2 aromatic rings. The van der Waals surface area contributed by atoms with Crippen molar-refractivity contribution in [1.29, 1.82) is 0 Å². The van der Waals surface area contributed by atoms with Gasteiger partial charge in [-0.3, -0.25) is 0 Å². The zero-order valence-corrected chi connectivity index (χ0v) is 17.0. The van der Waals surface area contributed by atoms with Crippen molar-refractivity contribution in [2.45, 2.75) is 51.7 Å². The second-order valence-corrected chi connectivity index (χ2v) is 8.12. The molecule has 0 radical (unpaired) electrons. The quantitative estimate of drug-likeness (QED) is 0.646. The molecule has 0 unspecified atom stereocenters. The number of alkyl halides is 3. The van der Waals surface area contributed by atoms with Gasteiger partial charge in [0.15, 0.2) is 0 Å². The van der Waals surface area contributed by atoms with Gasteiger partial charge in [-0.25, -0.2) is 0 Å². The molecule has 1 aliphatic rings. The maximum Gasteiger partial charge on any atom is 0.494 e. The predicted octanol–water partition coefficient (Wildman–Crippen LogP) is 5.14. The third kappa shape index (κ3) is 4.68. The van der Waals surface area contributed by atoms with E-state index in [0.717, 1.165) is 11.0 Å². The van der Waals surface area contributed by atoms with E-state index in [1.165, 1.54) is 18.2 Å². The fraction of sp³-hybridized carbons (Fsp3) is 0.364. The third-order valence-corrected chi connectivity index (χ3v) is 5.44.